The predicted octanol–water partition coefficient (Wildman–Crippen LogP) is 5.34. The summed E-state index contributed by atoms with van der Waals surface area (Å²) in [6.07, 6.45) is 5.12. The minimum absolute atomic E-state index is 0.0688. The van der Waals surface area contributed by atoms with E-state index >= 15 is 0 Å². The van der Waals surface area contributed by atoms with Gasteiger partial charge >= 0.3 is 0 Å². The largest absolute Gasteiger partial charge is 0.497 e. The van der Waals surface area contributed by atoms with Gasteiger partial charge in [-0.2, -0.15) is 0 Å². The van der Waals surface area contributed by atoms with Crippen LogP contribution in [0.25, 0.3) is 22.3 Å². The van der Waals surface area contributed by atoms with Crippen LogP contribution in [0.3, 0.4) is 0 Å². The van der Waals surface area contributed by atoms with Crippen molar-refractivity contribution in [2.45, 2.75) is 18.9 Å². The van der Waals surface area contributed by atoms with Crippen LogP contribution in [0.15, 0.2) is 91.3 Å². The molecule has 0 unspecified atom stereocenters. The number of para-hydroxylation sites is 1. The van der Waals surface area contributed by atoms with E-state index in [0.29, 0.717) is 28.6 Å². The Kier molecular flexibility index (Phi) is 5.94. The van der Waals surface area contributed by atoms with Gasteiger partial charge in [-0.1, -0.05) is 36.4 Å². The highest BCUT2D eigenvalue weighted by Gasteiger charge is 2.24. The summed E-state index contributed by atoms with van der Waals surface area (Å²) in [5.41, 5.74) is 5.36. The quantitative estimate of drug-likeness (QED) is 0.336. The first-order valence-electron chi connectivity index (χ1n) is 12.2. The van der Waals surface area contributed by atoms with E-state index in [1.54, 1.807) is 19.5 Å². The molecule has 0 fully saturated rings. The molecule has 0 bridgehead atoms. The van der Waals surface area contributed by atoms with Crippen molar-refractivity contribution < 1.29 is 9.53 Å². The zero-order valence-corrected chi connectivity index (χ0v) is 20.3. The zero-order chi connectivity index (χ0) is 25.2. The van der Waals surface area contributed by atoms with Crippen molar-refractivity contribution in [3.8, 4) is 17.1 Å². The van der Waals surface area contributed by atoms with Gasteiger partial charge in [0.25, 0.3) is 5.91 Å². The summed E-state index contributed by atoms with van der Waals surface area (Å²) in [6, 6.07) is 25.3. The Morgan fingerprint density at radius 3 is 2.46 bits per heavy atom. The second kappa shape index (κ2) is 9.70. The molecule has 1 aliphatic rings. The number of hydrogen-bond acceptors (Lipinski definition) is 6. The first kappa shape index (κ1) is 22.7. The number of nitrogens with one attached hydrogen (secondary N) is 2. The minimum Gasteiger partial charge on any atom is -0.497 e. The number of nitrogens with zero attached hydrogens (tertiary/aromatic N) is 3. The topological polar surface area (TPSA) is 89.0 Å². The molecule has 7 heteroatoms. The van der Waals surface area contributed by atoms with E-state index < -0.39 is 0 Å². The Hall–Kier alpha value is -4.78. The maximum atomic E-state index is 13.4. The van der Waals surface area contributed by atoms with E-state index in [2.05, 4.69) is 27.8 Å². The van der Waals surface area contributed by atoms with Gasteiger partial charge in [0, 0.05) is 29.4 Å². The lowest BCUT2D eigenvalue weighted by Crippen LogP contribution is -2.35. The lowest BCUT2D eigenvalue weighted by Gasteiger charge is -2.17. The highest BCUT2D eigenvalue weighted by molar-refractivity contribution is 6.02. The lowest BCUT2D eigenvalue weighted by atomic mass is 10.1. The van der Waals surface area contributed by atoms with E-state index in [9.17, 15) is 4.79 Å². The Morgan fingerprint density at radius 1 is 0.919 bits per heavy atom. The molecule has 2 heterocycles. The summed E-state index contributed by atoms with van der Waals surface area (Å²) in [4.78, 5) is 27.2. The van der Waals surface area contributed by atoms with E-state index in [0.717, 1.165) is 29.3 Å². The molecule has 0 saturated carbocycles. The summed E-state index contributed by atoms with van der Waals surface area (Å²) in [7, 11) is 1.63. The molecule has 0 radical (unpaired) electrons. The van der Waals surface area contributed by atoms with E-state index in [1.807, 2.05) is 66.7 Å². The second-order valence-electron chi connectivity index (χ2n) is 9.04. The Morgan fingerprint density at radius 2 is 1.70 bits per heavy atom. The standard InChI is InChI=1S/C30H25N5O2/c1-37-23-12-13-27-25(17-23)29(35-28(33-27)21-9-6-14-31-18-21)34-26-11-5-4-10-24(26)30(36)32-22-15-19-7-2-3-8-20(19)16-22/h2-14,17-18,22H,15-16H2,1H3,(H,32,36)(H,33,34,35). The first-order valence-corrected chi connectivity index (χ1v) is 12.2. The average molecular weight is 488 g/mol. The van der Waals surface area contributed by atoms with Gasteiger partial charge in [-0.25, -0.2) is 9.97 Å². The van der Waals surface area contributed by atoms with Gasteiger partial charge in [0.05, 0.1) is 23.9 Å². The van der Waals surface area contributed by atoms with Gasteiger partial charge in [0.1, 0.15) is 11.6 Å². The number of ether oxygens (including phenoxy) is 1. The third kappa shape index (κ3) is 4.59. The second-order valence-corrected chi connectivity index (χ2v) is 9.04. The molecule has 6 rings (SSSR count). The van der Waals surface area contributed by atoms with E-state index in [4.69, 9.17) is 14.7 Å². The number of rotatable bonds is 6. The molecule has 0 spiro atoms. The molecule has 3 aromatic carbocycles. The number of methoxy groups -OCH3 is 1. The van der Waals surface area contributed by atoms with Crippen molar-refractivity contribution in [3.63, 3.8) is 0 Å². The van der Waals surface area contributed by atoms with Crippen molar-refractivity contribution in [3.05, 3.63) is 108 Å². The molecule has 1 amide bonds. The van der Waals surface area contributed by atoms with Crippen molar-refractivity contribution >= 4 is 28.3 Å². The van der Waals surface area contributed by atoms with Crippen LogP contribution in [0.2, 0.25) is 0 Å². The van der Waals surface area contributed by atoms with Crippen LogP contribution in [0.5, 0.6) is 5.75 Å². The van der Waals surface area contributed by atoms with Gasteiger partial charge < -0.3 is 15.4 Å². The maximum Gasteiger partial charge on any atom is 0.253 e. The van der Waals surface area contributed by atoms with Crippen LogP contribution in [0.1, 0.15) is 21.5 Å². The summed E-state index contributed by atoms with van der Waals surface area (Å²) >= 11 is 0. The molecule has 2 N–H and O–H groups in total. The first-order chi connectivity index (χ1) is 18.2. The van der Waals surface area contributed by atoms with Gasteiger partial charge in [-0.05, 0) is 66.4 Å². The molecule has 1 aliphatic carbocycles. The Labute approximate surface area is 214 Å². The molecule has 182 valence electrons. The van der Waals surface area contributed by atoms with Crippen LogP contribution in [-0.4, -0.2) is 34.0 Å². The van der Waals surface area contributed by atoms with Crippen molar-refractivity contribution in [2.75, 3.05) is 12.4 Å². The smallest absolute Gasteiger partial charge is 0.253 e. The number of aromatic nitrogens is 3. The van der Waals surface area contributed by atoms with E-state index in [-0.39, 0.29) is 11.9 Å². The van der Waals surface area contributed by atoms with Gasteiger partial charge in [-0.3, -0.25) is 9.78 Å². The van der Waals surface area contributed by atoms with Crippen LogP contribution >= 0.6 is 0 Å². The van der Waals surface area contributed by atoms with Crippen molar-refractivity contribution in [1.82, 2.24) is 20.3 Å². The van der Waals surface area contributed by atoms with Gasteiger partial charge in [-0.15, -0.1) is 0 Å². The Balaban J connectivity index is 1.34. The number of amides is 1. The summed E-state index contributed by atoms with van der Waals surface area (Å²) in [5.74, 6) is 1.69. The monoisotopic (exact) mass is 487 g/mol. The van der Waals surface area contributed by atoms with E-state index in [1.165, 1.54) is 11.1 Å². The Bertz CT molecular complexity index is 1580. The molecule has 0 saturated heterocycles. The fourth-order valence-electron chi connectivity index (χ4n) is 4.80. The highest BCUT2D eigenvalue weighted by atomic mass is 16.5. The zero-order valence-electron chi connectivity index (χ0n) is 20.3. The van der Waals surface area contributed by atoms with Gasteiger partial charge in [0.15, 0.2) is 5.82 Å². The van der Waals surface area contributed by atoms with Crippen molar-refractivity contribution in [2.24, 2.45) is 0 Å². The summed E-state index contributed by atoms with van der Waals surface area (Å²) in [5, 5.41) is 7.42. The van der Waals surface area contributed by atoms with Crippen molar-refractivity contribution in [1.29, 1.82) is 0 Å². The fourth-order valence-corrected chi connectivity index (χ4v) is 4.80. The minimum atomic E-state index is -0.121. The number of anilines is 2. The molecule has 2 aromatic heterocycles. The number of carbonyl (C=O) groups is 1. The van der Waals surface area contributed by atoms with Crippen LogP contribution in [-0.2, 0) is 12.8 Å². The molecule has 0 atom stereocenters. The normalized spacial score (nSPS) is 12.8. The number of benzene rings is 3. The third-order valence-electron chi connectivity index (χ3n) is 6.63. The predicted molar refractivity (Wildman–Crippen MR) is 144 cm³/mol. The molecule has 0 aliphatic heterocycles. The number of pyridine rings is 1. The highest BCUT2D eigenvalue weighted by Crippen LogP contribution is 2.31. The fraction of sp³-hybridized carbons (Fsp3) is 0.133. The molecule has 5 aromatic rings. The SMILES string of the molecule is COc1ccc2nc(-c3cccnc3)nc(Nc3ccccc3C(=O)NC3Cc4ccccc4C3)c2c1. The molecule has 7 nitrogen and oxygen atoms in total. The van der Waals surface area contributed by atoms with Crippen LogP contribution < -0.4 is 15.4 Å². The van der Waals surface area contributed by atoms with Crippen LogP contribution in [0.4, 0.5) is 11.5 Å². The lowest BCUT2D eigenvalue weighted by molar-refractivity contribution is 0.0939. The van der Waals surface area contributed by atoms with Crippen LogP contribution in [0, 0.1) is 0 Å². The number of carbonyl (C=O) groups excluding carboxylic acids is 1. The molecule has 37 heavy (non-hydrogen) atoms. The third-order valence-corrected chi connectivity index (χ3v) is 6.63. The maximum absolute atomic E-state index is 13.4. The number of hydrogen-bond donors (Lipinski definition) is 2. The summed E-state index contributed by atoms with van der Waals surface area (Å²) in [6.45, 7) is 0. The van der Waals surface area contributed by atoms with Gasteiger partial charge in [0.2, 0.25) is 0 Å². The molecular weight excluding hydrogens is 462 g/mol. The number of fused-ring (bicyclic) bond motifs is 2. The summed E-state index contributed by atoms with van der Waals surface area (Å²) < 4.78 is 5.45. The average Bonchev–Trinajstić information content (AvgIpc) is 3.35. The molecular formula is C30H25N5O2.